The Balaban J connectivity index is 1.55. The molecule has 0 saturated heterocycles. The Labute approximate surface area is 184 Å². The molecule has 1 atom stereocenters. The summed E-state index contributed by atoms with van der Waals surface area (Å²) in [6.45, 7) is 0.170. The van der Waals surface area contributed by atoms with E-state index in [0.717, 1.165) is 11.1 Å². The second-order valence-corrected chi connectivity index (χ2v) is 6.59. The van der Waals surface area contributed by atoms with Crippen LogP contribution >= 0.6 is 0 Å². The standard InChI is InChI=1S/C22H22N6O4/c23-13-21(32-27-31)26-22(30)18-7-3-16(4-8-18)1-2-17-5-9-19(10-6-17)25-20(29)14-28-12-11-24-15-28/h3-12,15,21,27,31H,13-14,23H2,(H,25,29)(H,26,30)/t21-/m0/s1. The average molecular weight is 434 g/mol. The first kappa shape index (κ1) is 22.7. The molecule has 2 aromatic carbocycles. The van der Waals surface area contributed by atoms with Gasteiger partial charge in [-0.05, 0) is 48.5 Å². The number of rotatable bonds is 8. The maximum Gasteiger partial charge on any atom is 0.253 e. The van der Waals surface area contributed by atoms with Crippen molar-refractivity contribution in [3.05, 3.63) is 83.9 Å². The van der Waals surface area contributed by atoms with E-state index in [9.17, 15) is 9.59 Å². The zero-order valence-corrected chi connectivity index (χ0v) is 17.0. The SMILES string of the molecule is NC[C@@H](NC(=O)c1ccc(C#Cc2ccc(NC(=O)Cn3ccnc3)cc2)cc1)ONO. The predicted molar refractivity (Wildman–Crippen MR) is 116 cm³/mol. The van der Waals surface area contributed by atoms with E-state index in [1.807, 2.05) is 12.1 Å². The summed E-state index contributed by atoms with van der Waals surface area (Å²) in [6.07, 6.45) is 4.05. The molecule has 32 heavy (non-hydrogen) atoms. The van der Waals surface area contributed by atoms with Crippen LogP contribution in [-0.4, -0.2) is 39.3 Å². The lowest BCUT2D eigenvalue weighted by atomic mass is 10.1. The van der Waals surface area contributed by atoms with Gasteiger partial charge in [0.1, 0.15) is 6.54 Å². The van der Waals surface area contributed by atoms with Crippen molar-refractivity contribution in [2.75, 3.05) is 11.9 Å². The highest BCUT2D eigenvalue weighted by atomic mass is 16.8. The van der Waals surface area contributed by atoms with E-state index in [4.69, 9.17) is 10.9 Å². The summed E-state index contributed by atoms with van der Waals surface area (Å²) in [6, 6.07) is 13.9. The fourth-order valence-electron chi connectivity index (χ4n) is 2.66. The third-order valence-corrected chi connectivity index (χ3v) is 4.25. The third kappa shape index (κ3) is 6.76. The van der Waals surface area contributed by atoms with Crippen molar-refractivity contribution in [1.82, 2.24) is 20.5 Å². The van der Waals surface area contributed by atoms with Gasteiger partial charge < -0.3 is 20.9 Å². The molecule has 3 rings (SSSR count). The van der Waals surface area contributed by atoms with Gasteiger partial charge in [0.15, 0.2) is 6.23 Å². The van der Waals surface area contributed by atoms with Gasteiger partial charge in [-0.1, -0.05) is 17.5 Å². The summed E-state index contributed by atoms with van der Waals surface area (Å²) in [5, 5.41) is 13.9. The zero-order chi connectivity index (χ0) is 22.8. The molecular formula is C22H22N6O4. The highest BCUT2D eigenvalue weighted by Gasteiger charge is 2.12. The molecule has 0 aliphatic rings. The van der Waals surface area contributed by atoms with E-state index in [1.54, 1.807) is 59.7 Å². The van der Waals surface area contributed by atoms with E-state index in [0.29, 0.717) is 11.3 Å². The Morgan fingerprint density at radius 3 is 2.31 bits per heavy atom. The van der Waals surface area contributed by atoms with Gasteiger partial charge in [0.25, 0.3) is 5.91 Å². The minimum absolute atomic E-state index is 0.0179. The van der Waals surface area contributed by atoms with Gasteiger partial charge in [0.2, 0.25) is 5.91 Å². The first-order valence-corrected chi connectivity index (χ1v) is 9.61. The summed E-state index contributed by atoms with van der Waals surface area (Å²) in [5.41, 5.74) is 9.50. The van der Waals surface area contributed by atoms with E-state index >= 15 is 0 Å². The maximum atomic E-state index is 12.1. The number of carbonyl (C=O) groups is 2. The summed E-state index contributed by atoms with van der Waals surface area (Å²) >= 11 is 0. The lowest BCUT2D eigenvalue weighted by molar-refractivity contribution is -0.164. The molecule has 6 N–H and O–H groups in total. The Morgan fingerprint density at radius 1 is 1.09 bits per heavy atom. The van der Waals surface area contributed by atoms with Gasteiger partial charge in [-0.2, -0.15) is 0 Å². The number of imidazole rings is 1. The van der Waals surface area contributed by atoms with Gasteiger partial charge in [-0.15, -0.1) is 0 Å². The van der Waals surface area contributed by atoms with Crippen molar-refractivity contribution in [3.63, 3.8) is 0 Å². The molecule has 0 radical (unpaired) electrons. The summed E-state index contributed by atoms with van der Waals surface area (Å²) in [4.78, 5) is 32.7. The van der Waals surface area contributed by atoms with Crippen LogP contribution < -0.4 is 22.0 Å². The van der Waals surface area contributed by atoms with Crippen LogP contribution in [0, 0.1) is 11.8 Å². The predicted octanol–water partition coefficient (Wildman–Crippen LogP) is 0.847. The molecular weight excluding hydrogens is 412 g/mol. The van der Waals surface area contributed by atoms with E-state index in [-0.39, 0.29) is 19.0 Å². The van der Waals surface area contributed by atoms with Crippen LogP contribution in [0.1, 0.15) is 21.5 Å². The topological polar surface area (TPSA) is 144 Å². The molecule has 0 saturated carbocycles. The third-order valence-electron chi connectivity index (χ3n) is 4.25. The second kappa shape index (κ2) is 11.4. The molecule has 1 aromatic heterocycles. The highest BCUT2D eigenvalue weighted by Crippen LogP contribution is 2.10. The van der Waals surface area contributed by atoms with Crippen molar-refractivity contribution >= 4 is 17.5 Å². The van der Waals surface area contributed by atoms with E-state index in [2.05, 4.69) is 32.3 Å². The van der Waals surface area contributed by atoms with Gasteiger partial charge >= 0.3 is 0 Å². The van der Waals surface area contributed by atoms with Crippen molar-refractivity contribution in [2.24, 2.45) is 5.73 Å². The van der Waals surface area contributed by atoms with Crippen LogP contribution in [0.3, 0.4) is 0 Å². The van der Waals surface area contributed by atoms with Crippen LogP contribution in [0.25, 0.3) is 0 Å². The largest absolute Gasteiger partial charge is 0.328 e. The molecule has 2 amide bonds. The number of carbonyl (C=O) groups excluding carboxylic acids is 2. The summed E-state index contributed by atoms with van der Waals surface area (Å²) < 4.78 is 1.68. The van der Waals surface area contributed by atoms with E-state index < -0.39 is 12.1 Å². The molecule has 0 bridgehead atoms. The molecule has 0 aliphatic carbocycles. The monoisotopic (exact) mass is 434 g/mol. The minimum atomic E-state index is -0.870. The quantitative estimate of drug-likeness (QED) is 0.201. The lowest BCUT2D eigenvalue weighted by Gasteiger charge is -2.15. The second-order valence-electron chi connectivity index (χ2n) is 6.59. The number of nitrogens with one attached hydrogen (secondary N) is 3. The molecule has 164 valence electrons. The van der Waals surface area contributed by atoms with Crippen molar-refractivity contribution in [1.29, 1.82) is 0 Å². The highest BCUT2D eigenvalue weighted by molar-refractivity contribution is 5.94. The Kier molecular flexibility index (Phi) is 8.08. The number of nitrogens with two attached hydrogens (primary N) is 1. The van der Waals surface area contributed by atoms with Crippen LogP contribution in [0.4, 0.5) is 5.69 Å². The summed E-state index contributed by atoms with van der Waals surface area (Å²) in [5.74, 6) is 5.51. The van der Waals surface area contributed by atoms with Gasteiger partial charge in [0, 0.05) is 41.3 Å². The number of nitrogens with zero attached hydrogens (tertiary/aromatic N) is 2. The first-order chi connectivity index (χ1) is 15.6. The minimum Gasteiger partial charge on any atom is -0.328 e. The number of benzene rings is 2. The van der Waals surface area contributed by atoms with Gasteiger partial charge in [-0.3, -0.25) is 19.6 Å². The van der Waals surface area contributed by atoms with Crippen molar-refractivity contribution in [2.45, 2.75) is 12.8 Å². The lowest BCUT2D eigenvalue weighted by Crippen LogP contribution is -2.44. The molecule has 10 nitrogen and oxygen atoms in total. The summed E-state index contributed by atoms with van der Waals surface area (Å²) in [7, 11) is 0. The molecule has 0 spiro atoms. The number of aromatic nitrogens is 2. The molecule has 10 heteroatoms. The Bertz CT molecular complexity index is 1090. The van der Waals surface area contributed by atoms with Crippen LogP contribution in [0.5, 0.6) is 0 Å². The number of anilines is 1. The van der Waals surface area contributed by atoms with Gasteiger partial charge in [-0.25, -0.2) is 4.98 Å². The fourth-order valence-corrected chi connectivity index (χ4v) is 2.66. The first-order valence-electron chi connectivity index (χ1n) is 9.61. The maximum absolute atomic E-state index is 12.1. The fraction of sp³-hybridized carbons (Fsp3) is 0.136. The molecule has 3 aromatic rings. The van der Waals surface area contributed by atoms with Crippen molar-refractivity contribution < 1.29 is 19.6 Å². The molecule has 0 aliphatic heterocycles. The van der Waals surface area contributed by atoms with Crippen molar-refractivity contribution in [3.8, 4) is 11.8 Å². The Morgan fingerprint density at radius 2 is 1.75 bits per heavy atom. The average Bonchev–Trinajstić information content (AvgIpc) is 3.31. The van der Waals surface area contributed by atoms with Crippen LogP contribution in [0.15, 0.2) is 67.3 Å². The van der Waals surface area contributed by atoms with E-state index in [1.165, 1.54) is 5.64 Å². The number of hydrogen-bond acceptors (Lipinski definition) is 7. The zero-order valence-electron chi connectivity index (χ0n) is 17.0. The smallest absolute Gasteiger partial charge is 0.253 e. The van der Waals surface area contributed by atoms with Crippen LogP contribution in [0.2, 0.25) is 0 Å². The van der Waals surface area contributed by atoms with Gasteiger partial charge in [0.05, 0.1) is 6.33 Å². The molecule has 0 fully saturated rings. The van der Waals surface area contributed by atoms with Crippen LogP contribution in [-0.2, 0) is 16.2 Å². The number of amides is 2. The molecule has 0 unspecified atom stereocenters. The molecule has 1 heterocycles. The normalized spacial score (nSPS) is 11.2. The Hall–Kier alpha value is -4.01. The number of hydrogen-bond donors (Lipinski definition) is 5.